The number of rotatable bonds is 7. The minimum Gasteiger partial charge on any atom is -0.349 e. The van der Waals surface area contributed by atoms with E-state index in [1.807, 2.05) is 66.7 Å². The Bertz CT molecular complexity index is 1510. The third kappa shape index (κ3) is 7.85. The van der Waals surface area contributed by atoms with Crippen molar-refractivity contribution in [3.63, 3.8) is 0 Å². The zero-order valence-electron chi connectivity index (χ0n) is 26.3. The van der Waals surface area contributed by atoms with Crippen molar-refractivity contribution in [3.8, 4) is 11.3 Å². The summed E-state index contributed by atoms with van der Waals surface area (Å²) in [5, 5.41) is 3.09. The third-order valence-electron chi connectivity index (χ3n) is 8.48. The van der Waals surface area contributed by atoms with Gasteiger partial charge >= 0.3 is 0 Å². The second-order valence-corrected chi connectivity index (χ2v) is 18.3. The molecule has 2 fully saturated rings. The summed E-state index contributed by atoms with van der Waals surface area (Å²) >= 11 is 0. The van der Waals surface area contributed by atoms with Gasteiger partial charge in [-0.15, -0.1) is 0 Å². The van der Waals surface area contributed by atoms with Crippen LogP contribution in [-0.2, 0) is 31.8 Å². The van der Waals surface area contributed by atoms with Crippen LogP contribution >= 0.6 is 0 Å². The molecule has 0 atom stereocenters. The van der Waals surface area contributed by atoms with E-state index < -0.39 is 30.8 Å². The minimum absolute atomic E-state index is 0.0970. The van der Waals surface area contributed by atoms with Gasteiger partial charge < -0.3 is 9.88 Å². The summed E-state index contributed by atoms with van der Waals surface area (Å²) in [4.78, 5) is 13.8. The second kappa shape index (κ2) is 12.1. The highest BCUT2D eigenvalue weighted by molar-refractivity contribution is 7.91. The predicted molar refractivity (Wildman–Crippen MR) is 169 cm³/mol. The highest BCUT2D eigenvalue weighted by Crippen LogP contribution is 2.36. The molecule has 0 spiro atoms. The smallest absolute Gasteiger partial charge is 0.253 e. The van der Waals surface area contributed by atoms with Crippen molar-refractivity contribution in [1.29, 1.82) is 0 Å². The normalized spacial score (nSPS) is 19.1. The molecule has 234 valence electrons. The fourth-order valence-electron chi connectivity index (χ4n) is 6.24. The topological polar surface area (TPSA) is 114 Å². The first-order chi connectivity index (χ1) is 19.4. The quantitative estimate of drug-likeness (QED) is 0.411. The molecule has 10 heteroatoms. The Kier molecular flexibility index (Phi) is 9.41. The Morgan fingerprint density at radius 1 is 0.952 bits per heavy atom. The van der Waals surface area contributed by atoms with Crippen molar-refractivity contribution in [3.05, 3.63) is 41.1 Å². The fourth-order valence-corrected chi connectivity index (χ4v) is 9.55. The average molecular weight is 620 g/mol. The molecule has 8 nitrogen and oxygen atoms in total. The Morgan fingerprint density at radius 2 is 1.57 bits per heavy atom. The summed E-state index contributed by atoms with van der Waals surface area (Å²) < 4.78 is 55.7. The highest BCUT2D eigenvalue weighted by atomic mass is 32.2. The van der Waals surface area contributed by atoms with Gasteiger partial charge in [0.1, 0.15) is 9.84 Å². The zero-order chi connectivity index (χ0) is 31.1. The molecule has 0 bridgehead atoms. The monoisotopic (exact) mass is 619 g/mol. The SMILES string of the molecule is Cc1c(C(=O)NC2CCS(=O)(=O)CC2)cc(-c2ccc(S(=O)(=O)NC(C)(C)C)c(C(C)(C)C)c2)n1CC1CCCCC1. The van der Waals surface area contributed by atoms with E-state index in [9.17, 15) is 21.6 Å². The molecule has 1 aromatic carbocycles. The van der Waals surface area contributed by atoms with Crippen LogP contribution in [0, 0.1) is 12.8 Å². The molecule has 1 saturated carbocycles. The van der Waals surface area contributed by atoms with Gasteiger partial charge in [-0.25, -0.2) is 21.6 Å². The lowest BCUT2D eigenvalue weighted by atomic mass is 9.85. The van der Waals surface area contributed by atoms with Crippen LogP contribution in [0.3, 0.4) is 0 Å². The Balaban J connectivity index is 1.77. The van der Waals surface area contributed by atoms with Crippen LogP contribution in [-0.4, -0.2) is 50.4 Å². The Labute approximate surface area is 253 Å². The largest absolute Gasteiger partial charge is 0.349 e. The van der Waals surface area contributed by atoms with Crippen LogP contribution in [0.2, 0.25) is 0 Å². The van der Waals surface area contributed by atoms with E-state index in [4.69, 9.17) is 0 Å². The summed E-state index contributed by atoms with van der Waals surface area (Å²) in [5.74, 6) is 0.519. The number of benzene rings is 1. The fraction of sp³-hybridized carbons (Fsp3) is 0.656. The first kappa shape index (κ1) is 32.7. The first-order valence-electron chi connectivity index (χ1n) is 15.3. The molecule has 1 aliphatic heterocycles. The molecule has 42 heavy (non-hydrogen) atoms. The van der Waals surface area contributed by atoms with Crippen molar-refractivity contribution < 1.29 is 21.6 Å². The third-order valence-corrected chi connectivity index (χ3v) is 12.0. The molecular formula is C32H49N3O5S2. The maximum absolute atomic E-state index is 13.6. The van der Waals surface area contributed by atoms with E-state index in [0.717, 1.165) is 36.3 Å². The summed E-state index contributed by atoms with van der Waals surface area (Å²) in [6, 6.07) is 7.28. The van der Waals surface area contributed by atoms with Crippen molar-refractivity contribution in [1.82, 2.24) is 14.6 Å². The van der Waals surface area contributed by atoms with Crippen LogP contribution < -0.4 is 10.0 Å². The van der Waals surface area contributed by atoms with E-state index in [1.165, 1.54) is 19.3 Å². The lowest BCUT2D eigenvalue weighted by Gasteiger charge is -2.27. The number of sulfonamides is 1. The zero-order valence-corrected chi connectivity index (χ0v) is 28.0. The van der Waals surface area contributed by atoms with E-state index in [2.05, 4.69) is 14.6 Å². The van der Waals surface area contributed by atoms with Crippen LogP contribution in [0.1, 0.15) is 108 Å². The van der Waals surface area contributed by atoms with Crippen LogP contribution in [0.15, 0.2) is 29.2 Å². The number of hydrogen-bond donors (Lipinski definition) is 2. The summed E-state index contributed by atoms with van der Waals surface area (Å²) in [7, 11) is -6.79. The maximum Gasteiger partial charge on any atom is 0.253 e. The Morgan fingerprint density at radius 3 is 2.14 bits per heavy atom. The number of nitrogens with one attached hydrogen (secondary N) is 2. The molecule has 1 aliphatic carbocycles. The van der Waals surface area contributed by atoms with E-state index in [0.29, 0.717) is 29.9 Å². The van der Waals surface area contributed by atoms with Gasteiger partial charge in [0.25, 0.3) is 5.91 Å². The molecule has 1 saturated heterocycles. The van der Waals surface area contributed by atoms with E-state index >= 15 is 0 Å². The molecule has 2 heterocycles. The lowest BCUT2D eigenvalue weighted by molar-refractivity contribution is 0.0933. The van der Waals surface area contributed by atoms with Gasteiger partial charge in [0.05, 0.1) is 22.0 Å². The van der Waals surface area contributed by atoms with Gasteiger partial charge in [-0.05, 0) is 94.0 Å². The number of nitrogens with zero attached hydrogens (tertiary/aromatic N) is 1. The minimum atomic E-state index is -3.77. The molecule has 1 amide bonds. The number of carbonyl (C=O) groups excluding carboxylic acids is 1. The van der Waals surface area contributed by atoms with Crippen LogP contribution in [0.25, 0.3) is 11.3 Å². The number of sulfone groups is 1. The molecule has 1 aromatic heterocycles. The van der Waals surface area contributed by atoms with Crippen LogP contribution in [0.4, 0.5) is 0 Å². The second-order valence-electron chi connectivity index (χ2n) is 14.4. The summed E-state index contributed by atoms with van der Waals surface area (Å²) in [5.41, 5.74) is 2.87. The molecular weight excluding hydrogens is 571 g/mol. The van der Waals surface area contributed by atoms with Gasteiger partial charge in [0.15, 0.2) is 0 Å². The van der Waals surface area contributed by atoms with Crippen molar-refractivity contribution in [2.75, 3.05) is 11.5 Å². The van der Waals surface area contributed by atoms with Crippen molar-refractivity contribution in [2.24, 2.45) is 5.92 Å². The maximum atomic E-state index is 13.6. The number of hydrogen-bond acceptors (Lipinski definition) is 5. The van der Waals surface area contributed by atoms with Gasteiger partial charge in [-0.1, -0.05) is 46.1 Å². The molecule has 2 N–H and O–H groups in total. The standard InChI is InChI=1S/C32H49N3O5S2/c1-22-26(30(36)33-25-15-17-41(37,38)18-16-25)20-28(35(22)21-23-11-9-8-10-12-23)24-13-14-29(27(19-24)31(2,3)4)42(39,40)34-32(5,6)7/h13-14,19-20,23,25,34H,8-12,15-18,21H2,1-7H3,(H,33,36). The van der Waals surface area contributed by atoms with Crippen LogP contribution in [0.5, 0.6) is 0 Å². The first-order valence-corrected chi connectivity index (χ1v) is 18.6. The predicted octanol–water partition coefficient (Wildman–Crippen LogP) is 5.73. The Hall–Kier alpha value is -2.17. The highest BCUT2D eigenvalue weighted by Gasteiger charge is 2.31. The van der Waals surface area contributed by atoms with Crippen molar-refractivity contribution in [2.45, 2.75) is 122 Å². The molecule has 4 rings (SSSR count). The van der Waals surface area contributed by atoms with Gasteiger partial charge in [0.2, 0.25) is 10.0 Å². The average Bonchev–Trinajstić information content (AvgIpc) is 3.19. The number of aromatic nitrogens is 1. The van der Waals surface area contributed by atoms with E-state index in [1.54, 1.807) is 6.07 Å². The van der Waals surface area contributed by atoms with Gasteiger partial charge in [0, 0.05) is 29.5 Å². The molecule has 2 aromatic rings. The van der Waals surface area contributed by atoms with Crippen molar-refractivity contribution >= 4 is 25.8 Å². The molecule has 0 radical (unpaired) electrons. The summed E-state index contributed by atoms with van der Waals surface area (Å²) in [6.07, 6.45) is 6.83. The molecule has 2 aliphatic rings. The van der Waals surface area contributed by atoms with E-state index in [-0.39, 0.29) is 28.4 Å². The van der Waals surface area contributed by atoms with Gasteiger partial charge in [-0.3, -0.25) is 4.79 Å². The number of amides is 1. The molecule has 0 unspecified atom stereocenters. The van der Waals surface area contributed by atoms with Gasteiger partial charge in [-0.2, -0.15) is 0 Å². The lowest BCUT2D eigenvalue weighted by Crippen LogP contribution is -2.41. The number of carbonyl (C=O) groups is 1. The summed E-state index contributed by atoms with van der Waals surface area (Å²) in [6.45, 7) is 14.3.